The Hall–Kier alpha value is -5.75. The van der Waals surface area contributed by atoms with Gasteiger partial charge in [-0.15, -0.1) is 0 Å². The van der Waals surface area contributed by atoms with Crippen LogP contribution in [0.25, 0.3) is 44.2 Å². The first-order chi connectivity index (χ1) is 28.9. The van der Waals surface area contributed by atoms with Crippen LogP contribution < -0.4 is 10.6 Å². The van der Waals surface area contributed by atoms with Gasteiger partial charge in [-0.1, -0.05) is 83.3 Å². The Labute approximate surface area is 356 Å². The Morgan fingerprint density at radius 3 is 2.02 bits per heavy atom. The molecule has 2 aliphatic heterocycles. The van der Waals surface area contributed by atoms with Gasteiger partial charge in [-0.2, -0.15) is 0 Å². The minimum absolute atomic E-state index is 0.0320. The maximum absolute atomic E-state index is 13.9. The summed E-state index contributed by atoms with van der Waals surface area (Å²) >= 11 is 0. The van der Waals surface area contributed by atoms with E-state index in [1.165, 1.54) is 19.1 Å². The van der Waals surface area contributed by atoms with Crippen molar-refractivity contribution in [3.63, 3.8) is 0 Å². The fourth-order valence-corrected chi connectivity index (χ4v) is 12.8. The molecule has 18 heteroatoms. The molecule has 61 heavy (non-hydrogen) atoms. The molecule has 0 saturated carbocycles. The van der Waals surface area contributed by atoms with E-state index >= 15 is 0 Å². The first-order valence-corrected chi connectivity index (χ1v) is 25.7. The monoisotopic (exact) mass is 870 g/mol. The predicted molar refractivity (Wildman–Crippen MR) is 235 cm³/mol. The average molecular weight is 871 g/mol. The number of alkyl carbamates (subject to hydrolysis) is 2. The summed E-state index contributed by atoms with van der Waals surface area (Å²) in [5.74, 6) is -0.370. The van der Waals surface area contributed by atoms with E-state index in [4.69, 9.17) is 19.4 Å². The van der Waals surface area contributed by atoms with Gasteiger partial charge in [0.15, 0.2) is 9.84 Å². The van der Waals surface area contributed by atoms with E-state index in [0.29, 0.717) is 28.9 Å². The zero-order valence-corrected chi connectivity index (χ0v) is 37.6. The summed E-state index contributed by atoms with van der Waals surface area (Å²) in [6.07, 6.45) is 1.08. The second-order valence-electron chi connectivity index (χ2n) is 17.5. The Morgan fingerprint density at radius 2 is 1.39 bits per heavy atom. The van der Waals surface area contributed by atoms with E-state index in [0.717, 1.165) is 39.2 Å². The summed E-state index contributed by atoms with van der Waals surface area (Å²) in [5, 5.41) is 7.13. The van der Waals surface area contributed by atoms with Crippen LogP contribution in [0.1, 0.15) is 51.4 Å². The number of methoxy groups -OCH3 is 2. The summed E-state index contributed by atoms with van der Waals surface area (Å²) in [4.78, 5) is 71.8. The lowest BCUT2D eigenvalue weighted by atomic mass is 9.99. The highest BCUT2D eigenvalue weighted by atomic mass is 32.2. The van der Waals surface area contributed by atoms with E-state index in [-0.39, 0.29) is 41.8 Å². The third-order valence-electron chi connectivity index (χ3n) is 11.7. The average Bonchev–Trinajstić information content (AvgIpc) is 3.98. The zero-order valence-electron chi connectivity index (χ0n) is 35.7. The topological polar surface area (TPSA) is 209 Å². The molecule has 7 rings (SSSR count). The predicted octanol–water partition coefficient (Wildman–Crippen LogP) is 5.96. The van der Waals surface area contributed by atoms with Crippen LogP contribution in [0.4, 0.5) is 9.59 Å². The number of benzene rings is 3. The van der Waals surface area contributed by atoms with Crippen LogP contribution in [0.15, 0.2) is 60.8 Å². The molecule has 0 radical (unpaired) electrons. The molecular formula is C43H54N8O8SSi. The SMILES string of the molecule is COC(=O)N[C@H](C(=O)N1C[Si](C)(C)C[C@H]1c1ncc(-c2ccc(-c3ccc4c(ccc5[nH]c([C@@H]6CS(=O)(=O)CCN6C(=O)[C@@H](NC(=O)OC)C(C)C)nc54)c3)cc2)[nH]1)C(C)C. The number of aromatic nitrogens is 4. The number of sulfone groups is 1. The van der Waals surface area contributed by atoms with Gasteiger partial charge in [0.25, 0.3) is 0 Å². The minimum Gasteiger partial charge on any atom is -0.453 e. The third kappa shape index (κ3) is 9.00. The number of ether oxygens (including phenoxy) is 2. The molecule has 0 unspecified atom stereocenters. The van der Waals surface area contributed by atoms with Crippen LogP contribution in [0, 0.1) is 11.8 Å². The highest BCUT2D eigenvalue weighted by Crippen LogP contribution is 2.39. The molecule has 4 N–H and O–H groups in total. The van der Waals surface area contributed by atoms with Crippen molar-refractivity contribution in [2.24, 2.45) is 11.8 Å². The normalized spacial score (nSPS) is 19.6. The van der Waals surface area contributed by atoms with Crippen molar-refractivity contribution in [1.82, 2.24) is 40.4 Å². The first kappa shape index (κ1) is 43.3. The second-order valence-corrected chi connectivity index (χ2v) is 24.8. The summed E-state index contributed by atoms with van der Waals surface area (Å²) in [5.41, 5.74) is 5.10. The number of carbonyl (C=O) groups is 4. The molecule has 324 valence electrons. The molecule has 4 atom stereocenters. The van der Waals surface area contributed by atoms with Gasteiger partial charge in [0.1, 0.15) is 29.8 Å². The highest BCUT2D eigenvalue weighted by molar-refractivity contribution is 7.91. The molecule has 4 heterocycles. The first-order valence-electron chi connectivity index (χ1n) is 20.5. The van der Waals surface area contributed by atoms with E-state index in [2.05, 4.69) is 39.8 Å². The molecule has 0 bridgehead atoms. The Kier molecular flexibility index (Phi) is 12.0. The quantitative estimate of drug-likeness (QED) is 0.121. The van der Waals surface area contributed by atoms with Gasteiger partial charge in [0, 0.05) is 18.1 Å². The number of amides is 4. The number of imidazole rings is 2. The minimum atomic E-state index is -3.48. The maximum Gasteiger partial charge on any atom is 0.407 e. The van der Waals surface area contributed by atoms with Crippen molar-refractivity contribution in [3.8, 4) is 22.4 Å². The van der Waals surface area contributed by atoms with Gasteiger partial charge in [0.05, 0.1) is 62.8 Å². The molecule has 5 aromatic rings. The molecular weight excluding hydrogens is 817 g/mol. The lowest BCUT2D eigenvalue weighted by Crippen LogP contribution is -2.55. The molecule has 2 saturated heterocycles. The molecule has 0 spiro atoms. The fraction of sp³-hybridized carbons (Fsp3) is 0.442. The standard InChI is InChI=1S/C43H54N8O8SSi/c1-24(2)35(48-42(54)58-5)40(52)50-17-18-60(56,57)21-33(50)39-45-31-16-14-29-19-28(13-15-30(29)37(31)47-39)26-9-11-27(12-10-26)32-20-44-38(46-32)34-22-61(7,8)23-51(34)41(53)36(25(3)4)49-43(55)59-6/h9-16,19-20,24-25,33-36H,17-18,21-23H2,1-8H3,(H,44,46)(H,45,47)(H,48,54)(H,49,55)/t33-,34-,35-,36-/m0/s1. The van der Waals surface area contributed by atoms with Crippen molar-refractivity contribution in [2.75, 3.05) is 38.4 Å². The largest absolute Gasteiger partial charge is 0.453 e. The van der Waals surface area contributed by atoms with Crippen molar-refractivity contribution in [2.45, 2.75) is 71.0 Å². The van der Waals surface area contributed by atoms with Gasteiger partial charge in [-0.25, -0.2) is 28.0 Å². The maximum atomic E-state index is 13.9. The van der Waals surface area contributed by atoms with E-state index in [9.17, 15) is 27.6 Å². The van der Waals surface area contributed by atoms with Crippen molar-refractivity contribution < 1.29 is 37.1 Å². The number of rotatable bonds is 10. The molecule has 2 aliphatic rings. The molecule has 0 aliphatic carbocycles. The van der Waals surface area contributed by atoms with E-state index in [1.54, 1.807) is 20.0 Å². The number of fused-ring (bicyclic) bond motifs is 3. The van der Waals surface area contributed by atoms with E-state index < -0.39 is 54.1 Å². The number of nitrogens with one attached hydrogen (secondary N) is 4. The Morgan fingerprint density at radius 1 is 0.787 bits per heavy atom. The summed E-state index contributed by atoms with van der Waals surface area (Å²) < 4.78 is 35.4. The van der Waals surface area contributed by atoms with Gasteiger partial charge in [0.2, 0.25) is 11.8 Å². The van der Waals surface area contributed by atoms with Crippen LogP contribution in [-0.4, -0.2) is 121 Å². The number of nitrogens with zero attached hydrogens (tertiary/aromatic N) is 4. The number of aromatic amines is 2. The Balaban J connectivity index is 1.12. The molecule has 2 aromatic heterocycles. The molecule has 4 amide bonds. The van der Waals surface area contributed by atoms with Gasteiger partial charge in [-0.3, -0.25) is 9.59 Å². The molecule has 3 aromatic carbocycles. The lowest BCUT2D eigenvalue weighted by Gasteiger charge is -2.37. The van der Waals surface area contributed by atoms with Gasteiger partial charge >= 0.3 is 12.2 Å². The number of carbonyl (C=O) groups excluding carboxylic acids is 4. The van der Waals surface area contributed by atoms with Crippen LogP contribution in [0.3, 0.4) is 0 Å². The number of hydrogen-bond acceptors (Lipinski definition) is 10. The van der Waals surface area contributed by atoms with Crippen LogP contribution in [0.2, 0.25) is 19.1 Å². The smallest absolute Gasteiger partial charge is 0.407 e. The van der Waals surface area contributed by atoms with Crippen molar-refractivity contribution in [3.05, 3.63) is 72.4 Å². The molecule has 16 nitrogen and oxygen atoms in total. The second kappa shape index (κ2) is 17.0. The van der Waals surface area contributed by atoms with Gasteiger partial charge in [-0.05, 0) is 52.1 Å². The number of H-pyrrole nitrogens is 2. The summed E-state index contributed by atoms with van der Waals surface area (Å²) in [6.45, 7) is 11.9. The highest BCUT2D eigenvalue weighted by Gasteiger charge is 2.46. The van der Waals surface area contributed by atoms with E-state index in [1.807, 2.05) is 67.3 Å². The molecule has 2 fully saturated rings. The zero-order chi connectivity index (χ0) is 44.0. The summed E-state index contributed by atoms with van der Waals surface area (Å²) in [6, 6.07) is 16.2. The fourth-order valence-electron chi connectivity index (χ4n) is 8.45. The summed E-state index contributed by atoms with van der Waals surface area (Å²) in [7, 11) is -2.75. The van der Waals surface area contributed by atoms with Crippen LogP contribution >= 0.6 is 0 Å². The Bertz CT molecular complexity index is 2590. The van der Waals surface area contributed by atoms with Crippen LogP contribution in [0.5, 0.6) is 0 Å². The lowest BCUT2D eigenvalue weighted by molar-refractivity contribution is -0.137. The number of hydrogen-bond donors (Lipinski definition) is 4. The third-order valence-corrected chi connectivity index (χ3v) is 16.1. The van der Waals surface area contributed by atoms with Crippen molar-refractivity contribution >= 4 is 63.7 Å². The van der Waals surface area contributed by atoms with Gasteiger partial charge < -0.3 is 39.9 Å². The van der Waals surface area contributed by atoms with Crippen LogP contribution in [-0.2, 0) is 28.9 Å². The van der Waals surface area contributed by atoms with Crippen molar-refractivity contribution in [1.29, 1.82) is 0 Å².